The minimum Gasteiger partial charge on any atom is -0.491 e. The van der Waals surface area contributed by atoms with Gasteiger partial charge in [0.2, 0.25) is 0 Å². The van der Waals surface area contributed by atoms with Crippen molar-refractivity contribution < 1.29 is 19.4 Å². The SMILES string of the molecule is CNC1CCN(CC(O)COc2ccc(CN3CCN(C(=O)OC)CC3)cc2)CC1. The third kappa shape index (κ3) is 6.84. The molecule has 1 unspecified atom stereocenters. The molecule has 0 aromatic heterocycles. The first-order valence-electron chi connectivity index (χ1n) is 10.9. The number of aliphatic hydroxyl groups is 1. The number of nitrogens with zero attached hydrogens (tertiary/aromatic N) is 3. The Morgan fingerprint density at radius 2 is 1.77 bits per heavy atom. The largest absolute Gasteiger partial charge is 0.491 e. The second-order valence-electron chi connectivity index (χ2n) is 8.21. The Morgan fingerprint density at radius 1 is 1.10 bits per heavy atom. The van der Waals surface area contributed by atoms with Crippen LogP contribution in [0.5, 0.6) is 5.75 Å². The summed E-state index contributed by atoms with van der Waals surface area (Å²) < 4.78 is 10.6. The average molecular weight is 421 g/mol. The zero-order chi connectivity index (χ0) is 21.3. The number of piperazine rings is 1. The van der Waals surface area contributed by atoms with Crippen LogP contribution < -0.4 is 10.1 Å². The van der Waals surface area contributed by atoms with E-state index in [2.05, 4.69) is 27.2 Å². The van der Waals surface area contributed by atoms with Gasteiger partial charge in [0.25, 0.3) is 0 Å². The molecule has 2 aliphatic rings. The fourth-order valence-electron chi connectivity index (χ4n) is 4.11. The highest BCUT2D eigenvalue weighted by Crippen LogP contribution is 2.16. The second kappa shape index (κ2) is 11.5. The van der Waals surface area contributed by atoms with Gasteiger partial charge in [-0.05, 0) is 50.7 Å². The molecule has 0 bridgehead atoms. The first-order valence-corrected chi connectivity index (χ1v) is 10.9. The molecular formula is C22H36N4O4. The number of likely N-dealkylation sites (tertiary alicyclic amines) is 1. The molecule has 168 valence electrons. The second-order valence-corrected chi connectivity index (χ2v) is 8.21. The molecule has 8 heteroatoms. The minimum atomic E-state index is -0.484. The fraction of sp³-hybridized carbons (Fsp3) is 0.682. The van der Waals surface area contributed by atoms with E-state index < -0.39 is 6.10 Å². The molecule has 1 aromatic carbocycles. The van der Waals surface area contributed by atoms with Gasteiger partial charge in [-0.1, -0.05) is 12.1 Å². The number of amides is 1. The van der Waals surface area contributed by atoms with Crippen molar-refractivity contribution >= 4 is 6.09 Å². The molecule has 8 nitrogen and oxygen atoms in total. The molecule has 3 rings (SSSR count). The van der Waals surface area contributed by atoms with Crippen LogP contribution in [0.4, 0.5) is 4.79 Å². The minimum absolute atomic E-state index is 0.249. The van der Waals surface area contributed by atoms with E-state index in [1.807, 2.05) is 19.2 Å². The third-order valence-electron chi connectivity index (χ3n) is 6.04. The number of hydrogen-bond donors (Lipinski definition) is 2. The molecule has 1 amide bonds. The number of carbonyl (C=O) groups is 1. The van der Waals surface area contributed by atoms with E-state index in [-0.39, 0.29) is 6.09 Å². The molecule has 0 aliphatic carbocycles. The summed E-state index contributed by atoms with van der Waals surface area (Å²) in [6.45, 7) is 6.91. The number of nitrogens with one attached hydrogen (secondary N) is 1. The van der Waals surface area contributed by atoms with Crippen LogP contribution in [0.2, 0.25) is 0 Å². The van der Waals surface area contributed by atoms with E-state index in [9.17, 15) is 9.90 Å². The Morgan fingerprint density at radius 3 is 2.37 bits per heavy atom. The van der Waals surface area contributed by atoms with Crippen molar-refractivity contribution in [3.05, 3.63) is 29.8 Å². The van der Waals surface area contributed by atoms with Crippen molar-refractivity contribution in [1.29, 1.82) is 0 Å². The van der Waals surface area contributed by atoms with Gasteiger partial charge in [-0.15, -0.1) is 0 Å². The molecule has 2 saturated heterocycles. The van der Waals surface area contributed by atoms with E-state index in [1.165, 1.54) is 12.7 Å². The number of rotatable bonds is 8. The van der Waals surface area contributed by atoms with Gasteiger partial charge in [-0.3, -0.25) is 4.90 Å². The molecule has 2 heterocycles. The molecule has 0 saturated carbocycles. The van der Waals surface area contributed by atoms with Crippen LogP contribution in [0.15, 0.2) is 24.3 Å². The van der Waals surface area contributed by atoms with Gasteiger partial charge in [0.05, 0.1) is 7.11 Å². The van der Waals surface area contributed by atoms with Gasteiger partial charge < -0.3 is 29.7 Å². The standard InChI is InChI=1S/C22H36N4O4/c1-23-19-7-9-24(10-8-19)16-20(27)17-30-21-5-3-18(4-6-21)15-25-11-13-26(14-12-25)22(28)29-2/h3-6,19-20,23,27H,7-17H2,1-2H3. The van der Waals surface area contributed by atoms with Crippen LogP contribution in [0.25, 0.3) is 0 Å². The Bertz CT molecular complexity index is 641. The van der Waals surface area contributed by atoms with E-state index >= 15 is 0 Å². The summed E-state index contributed by atoms with van der Waals surface area (Å²) in [4.78, 5) is 17.9. The first kappa shape index (κ1) is 22.8. The van der Waals surface area contributed by atoms with E-state index in [1.54, 1.807) is 4.90 Å². The van der Waals surface area contributed by atoms with Gasteiger partial charge in [-0.25, -0.2) is 4.79 Å². The zero-order valence-electron chi connectivity index (χ0n) is 18.3. The monoisotopic (exact) mass is 420 g/mol. The summed E-state index contributed by atoms with van der Waals surface area (Å²) in [6, 6.07) is 8.66. The maximum absolute atomic E-state index is 11.6. The van der Waals surface area contributed by atoms with Crippen molar-refractivity contribution in [3.8, 4) is 5.75 Å². The molecule has 1 aromatic rings. The molecule has 0 radical (unpaired) electrons. The van der Waals surface area contributed by atoms with Gasteiger partial charge in [-0.2, -0.15) is 0 Å². The lowest BCUT2D eigenvalue weighted by molar-refractivity contribution is 0.0583. The lowest BCUT2D eigenvalue weighted by atomic mass is 10.1. The average Bonchev–Trinajstić information content (AvgIpc) is 2.79. The van der Waals surface area contributed by atoms with Crippen molar-refractivity contribution in [2.45, 2.75) is 31.5 Å². The topological polar surface area (TPSA) is 77.5 Å². The Balaban J connectivity index is 1.35. The predicted octanol–water partition coefficient (Wildman–Crippen LogP) is 0.994. The van der Waals surface area contributed by atoms with Gasteiger partial charge in [0.15, 0.2) is 0 Å². The third-order valence-corrected chi connectivity index (χ3v) is 6.04. The summed E-state index contributed by atoms with van der Waals surface area (Å²) in [6.07, 6.45) is 1.52. The van der Waals surface area contributed by atoms with Gasteiger partial charge >= 0.3 is 6.09 Å². The fourth-order valence-corrected chi connectivity index (χ4v) is 4.11. The number of ether oxygens (including phenoxy) is 2. The van der Waals surface area contributed by atoms with E-state index in [4.69, 9.17) is 9.47 Å². The molecule has 1 atom stereocenters. The zero-order valence-corrected chi connectivity index (χ0v) is 18.3. The summed E-state index contributed by atoms with van der Waals surface area (Å²) in [5.41, 5.74) is 1.21. The first-order chi connectivity index (χ1) is 14.6. The van der Waals surface area contributed by atoms with Crippen molar-refractivity contribution in [2.24, 2.45) is 0 Å². The number of carbonyl (C=O) groups excluding carboxylic acids is 1. The van der Waals surface area contributed by atoms with Crippen LogP contribution >= 0.6 is 0 Å². The van der Waals surface area contributed by atoms with Gasteiger partial charge in [0, 0.05) is 45.3 Å². The molecule has 2 aliphatic heterocycles. The van der Waals surface area contributed by atoms with Crippen molar-refractivity contribution in [2.75, 3.05) is 66.6 Å². The maximum Gasteiger partial charge on any atom is 0.409 e. The highest BCUT2D eigenvalue weighted by Gasteiger charge is 2.22. The van der Waals surface area contributed by atoms with E-state index in [0.29, 0.717) is 32.3 Å². The summed E-state index contributed by atoms with van der Waals surface area (Å²) >= 11 is 0. The molecule has 2 N–H and O–H groups in total. The smallest absolute Gasteiger partial charge is 0.409 e. The summed E-state index contributed by atoms with van der Waals surface area (Å²) in [5, 5.41) is 13.6. The van der Waals surface area contributed by atoms with Crippen LogP contribution in [0.3, 0.4) is 0 Å². The molecule has 0 spiro atoms. The number of aliphatic hydroxyl groups excluding tert-OH is 1. The molecule has 2 fully saturated rings. The number of β-amino-alcohol motifs (C(OH)–C–C–N with tert-alkyl or cyclic N) is 1. The van der Waals surface area contributed by atoms with E-state index in [0.717, 1.165) is 51.3 Å². The highest BCUT2D eigenvalue weighted by atomic mass is 16.5. The number of benzene rings is 1. The lowest BCUT2D eigenvalue weighted by Crippen LogP contribution is -2.48. The van der Waals surface area contributed by atoms with Crippen LogP contribution in [0, 0.1) is 0 Å². The van der Waals surface area contributed by atoms with Crippen LogP contribution in [-0.4, -0.2) is 105 Å². The van der Waals surface area contributed by atoms with Crippen molar-refractivity contribution in [3.63, 3.8) is 0 Å². The number of piperidine rings is 1. The number of hydrogen-bond acceptors (Lipinski definition) is 7. The quantitative estimate of drug-likeness (QED) is 0.650. The maximum atomic E-state index is 11.6. The number of methoxy groups -OCH3 is 1. The van der Waals surface area contributed by atoms with Crippen molar-refractivity contribution in [1.82, 2.24) is 20.0 Å². The summed E-state index contributed by atoms with van der Waals surface area (Å²) in [7, 11) is 3.43. The predicted molar refractivity (Wildman–Crippen MR) is 116 cm³/mol. The Labute approximate surface area is 179 Å². The van der Waals surface area contributed by atoms with Gasteiger partial charge in [0.1, 0.15) is 18.5 Å². The molecular weight excluding hydrogens is 384 g/mol. The summed E-state index contributed by atoms with van der Waals surface area (Å²) in [5.74, 6) is 0.780. The Hall–Kier alpha value is -1.87. The molecule has 30 heavy (non-hydrogen) atoms. The lowest BCUT2D eigenvalue weighted by Gasteiger charge is -2.33. The van der Waals surface area contributed by atoms with Crippen LogP contribution in [0.1, 0.15) is 18.4 Å². The Kier molecular flexibility index (Phi) is 8.74. The normalized spacial score (nSPS) is 20.2. The highest BCUT2D eigenvalue weighted by molar-refractivity contribution is 5.67. The van der Waals surface area contributed by atoms with Crippen LogP contribution in [-0.2, 0) is 11.3 Å².